The van der Waals surface area contributed by atoms with E-state index in [9.17, 15) is 9.18 Å². The van der Waals surface area contributed by atoms with Crippen LogP contribution in [-0.2, 0) is 16.1 Å². The smallest absolute Gasteiger partial charge is 0.253 e. The van der Waals surface area contributed by atoms with Crippen molar-refractivity contribution in [1.29, 1.82) is 0 Å². The van der Waals surface area contributed by atoms with E-state index in [1.807, 2.05) is 4.90 Å². The number of halogens is 1. The Morgan fingerprint density at radius 1 is 1.33 bits per heavy atom. The number of methoxy groups -OCH3 is 1. The molecule has 1 aromatic rings. The number of carbonyl (C=O) groups excluding carboxylic acids is 1. The van der Waals surface area contributed by atoms with Crippen LogP contribution in [0, 0.1) is 11.7 Å². The molecule has 1 aromatic carbocycles. The van der Waals surface area contributed by atoms with Crippen LogP contribution in [0.3, 0.4) is 0 Å². The number of nitrogens with zero attached hydrogens (tertiary/aromatic N) is 2. The molecule has 5 nitrogen and oxygen atoms in total. The van der Waals surface area contributed by atoms with Crippen LogP contribution in [0.25, 0.3) is 0 Å². The molecule has 2 saturated heterocycles. The summed E-state index contributed by atoms with van der Waals surface area (Å²) in [4.78, 5) is 17.1. The second-order valence-corrected chi connectivity index (χ2v) is 6.64. The highest BCUT2D eigenvalue weighted by molar-refractivity contribution is 5.94. The molecular formula is C18H25FN2O3. The Morgan fingerprint density at radius 2 is 2.08 bits per heavy atom. The molecule has 0 saturated carbocycles. The van der Waals surface area contributed by atoms with E-state index in [0.29, 0.717) is 23.1 Å². The first-order valence-corrected chi connectivity index (χ1v) is 8.48. The first-order chi connectivity index (χ1) is 11.6. The number of morpholine rings is 1. The minimum Gasteiger partial charge on any atom is -0.380 e. The fraction of sp³-hybridized carbons (Fsp3) is 0.611. The summed E-state index contributed by atoms with van der Waals surface area (Å²) in [6, 6.07) is 4.88. The van der Waals surface area contributed by atoms with Gasteiger partial charge in [0.25, 0.3) is 5.91 Å². The Bertz CT molecular complexity index is 590. The quantitative estimate of drug-likeness (QED) is 0.840. The van der Waals surface area contributed by atoms with E-state index in [1.54, 1.807) is 12.1 Å². The molecule has 2 atom stereocenters. The molecule has 0 N–H and O–H groups in total. The first kappa shape index (κ1) is 17.3. The summed E-state index contributed by atoms with van der Waals surface area (Å²) >= 11 is 0. The zero-order chi connectivity index (χ0) is 17.1. The normalized spacial score (nSPS) is 25.2. The van der Waals surface area contributed by atoms with E-state index in [2.05, 4.69) is 11.8 Å². The van der Waals surface area contributed by atoms with Crippen molar-refractivity contribution in [3.8, 4) is 0 Å². The van der Waals surface area contributed by atoms with Crippen LogP contribution in [0.5, 0.6) is 0 Å². The van der Waals surface area contributed by atoms with E-state index in [-0.39, 0.29) is 18.3 Å². The predicted octanol–water partition coefficient (Wildman–Crippen LogP) is 1.76. The van der Waals surface area contributed by atoms with Crippen LogP contribution in [0.15, 0.2) is 18.2 Å². The third kappa shape index (κ3) is 3.61. The zero-order valence-corrected chi connectivity index (χ0v) is 14.3. The van der Waals surface area contributed by atoms with Gasteiger partial charge in [-0.05, 0) is 24.1 Å². The minimum absolute atomic E-state index is 0.0324. The van der Waals surface area contributed by atoms with Gasteiger partial charge < -0.3 is 14.4 Å². The number of hydrogen-bond donors (Lipinski definition) is 0. The summed E-state index contributed by atoms with van der Waals surface area (Å²) in [5.74, 6) is 0.0512. The van der Waals surface area contributed by atoms with E-state index < -0.39 is 0 Å². The predicted molar refractivity (Wildman–Crippen MR) is 88.4 cm³/mol. The Hall–Kier alpha value is -1.50. The molecule has 0 radical (unpaired) electrons. The van der Waals surface area contributed by atoms with Crippen molar-refractivity contribution in [2.45, 2.75) is 19.6 Å². The number of rotatable bonds is 4. The van der Waals surface area contributed by atoms with Crippen molar-refractivity contribution in [3.63, 3.8) is 0 Å². The molecule has 0 aliphatic carbocycles. The van der Waals surface area contributed by atoms with Crippen molar-refractivity contribution < 1.29 is 18.7 Å². The fourth-order valence-corrected chi connectivity index (χ4v) is 3.66. The van der Waals surface area contributed by atoms with Crippen LogP contribution in [0.2, 0.25) is 0 Å². The van der Waals surface area contributed by atoms with Gasteiger partial charge >= 0.3 is 0 Å². The van der Waals surface area contributed by atoms with Gasteiger partial charge in [0.1, 0.15) is 5.82 Å². The third-order valence-corrected chi connectivity index (χ3v) is 4.97. The lowest BCUT2D eigenvalue weighted by atomic mass is 10.0. The average molecular weight is 336 g/mol. The van der Waals surface area contributed by atoms with Gasteiger partial charge in [0.05, 0.1) is 19.8 Å². The lowest BCUT2D eigenvalue weighted by Crippen LogP contribution is -2.47. The third-order valence-electron chi connectivity index (χ3n) is 4.97. The molecule has 2 fully saturated rings. The largest absolute Gasteiger partial charge is 0.380 e. The molecule has 24 heavy (non-hydrogen) atoms. The highest BCUT2D eigenvalue weighted by Crippen LogP contribution is 2.25. The molecule has 6 heteroatoms. The van der Waals surface area contributed by atoms with Crippen LogP contribution in [-0.4, -0.2) is 68.3 Å². The van der Waals surface area contributed by atoms with Gasteiger partial charge in [-0.2, -0.15) is 0 Å². The van der Waals surface area contributed by atoms with E-state index >= 15 is 0 Å². The molecule has 132 valence electrons. The molecule has 2 aliphatic rings. The molecule has 2 aliphatic heterocycles. The Morgan fingerprint density at radius 3 is 2.79 bits per heavy atom. The molecule has 2 heterocycles. The lowest BCUT2D eigenvalue weighted by Gasteiger charge is -2.34. The molecular weight excluding hydrogens is 311 g/mol. The van der Waals surface area contributed by atoms with Crippen molar-refractivity contribution in [2.24, 2.45) is 5.92 Å². The SMILES string of the molecule is COCc1cc(C(=O)N2CC(C)C(N3CCOCC3)C2)ccc1F. The van der Waals surface area contributed by atoms with Crippen molar-refractivity contribution >= 4 is 5.91 Å². The Kier molecular flexibility index (Phi) is 5.48. The topological polar surface area (TPSA) is 42.0 Å². The zero-order valence-electron chi connectivity index (χ0n) is 14.3. The highest BCUT2D eigenvalue weighted by atomic mass is 19.1. The maximum Gasteiger partial charge on any atom is 0.253 e. The van der Waals surface area contributed by atoms with Crippen molar-refractivity contribution in [2.75, 3.05) is 46.5 Å². The van der Waals surface area contributed by atoms with Gasteiger partial charge in [0.15, 0.2) is 0 Å². The maximum atomic E-state index is 13.7. The van der Waals surface area contributed by atoms with Crippen LogP contribution < -0.4 is 0 Å². The van der Waals surface area contributed by atoms with Crippen LogP contribution in [0.4, 0.5) is 4.39 Å². The summed E-state index contributed by atoms with van der Waals surface area (Å²) in [6.45, 7) is 7.17. The number of benzene rings is 1. The number of likely N-dealkylation sites (tertiary alicyclic amines) is 1. The van der Waals surface area contributed by atoms with Gasteiger partial charge in [-0.1, -0.05) is 6.92 Å². The molecule has 3 rings (SSSR count). The number of hydrogen-bond acceptors (Lipinski definition) is 4. The first-order valence-electron chi connectivity index (χ1n) is 8.48. The fourth-order valence-electron chi connectivity index (χ4n) is 3.66. The molecule has 0 aromatic heterocycles. The van der Waals surface area contributed by atoms with Crippen molar-refractivity contribution in [1.82, 2.24) is 9.80 Å². The standard InChI is InChI=1S/C18H25FN2O3/c1-13-10-21(11-17(13)20-5-7-24-8-6-20)18(22)14-3-4-16(19)15(9-14)12-23-2/h3-4,9,13,17H,5-8,10-12H2,1-2H3. The summed E-state index contributed by atoms with van der Waals surface area (Å²) in [5.41, 5.74) is 0.943. The maximum absolute atomic E-state index is 13.7. The lowest BCUT2D eigenvalue weighted by molar-refractivity contribution is 0.0119. The number of amides is 1. The number of carbonyl (C=O) groups is 1. The van der Waals surface area contributed by atoms with Crippen molar-refractivity contribution in [3.05, 3.63) is 35.1 Å². The van der Waals surface area contributed by atoms with Gasteiger partial charge in [-0.3, -0.25) is 9.69 Å². The van der Waals surface area contributed by atoms with Gasteiger partial charge in [0, 0.05) is 50.5 Å². The van der Waals surface area contributed by atoms with E-state index in [4.69, 9.17) is 9.47 Å². The van der Waals surface area contributed by atoms with Gasteiger partial charge in [-0.15, -0.1) is 0 Å². The van der Waals surface area contributed by atoms with E-state index in [1.165, 1.54) is 13.2 Å². The van der Waals surface area contributed by atoms with Crippen LogP contribution >= 0.6 is 0 Å². The molecule has 2 unspecified atom stereocenters. The molecule has 1 amide bonds. The summed E-state index contributed by atoms with van der Waals surface area (Å²) in [7, 11) is 1.52. The molecule has 0 spiro atoms. The average Bonchev–Trinajstić information content (AvgIpc) is 2.99. The summed E-state index contributed by atoms with van der Waals surface area (Å²) in [6.07, 6.45) is 0. The summed E-state index contributed by atoms with van der Waals surface area (Å²) in [5, 5.41) is 0. The minimum atomic E-state index is -0.339. The van der Waals surface area contributed by atoms with Gasteiger partial charge in [-0.25, -0.2) is 4.39 Å². The second kappa shape index (κ2) is 7.59. The monoisotopic (exact) mass is 336 g/mol. The molecule has 0 bridgehead atoms. The Labute approximate surface area is 142 Å². The Balaban J connectivity index is 1.70. The van der Waals surface area contributed by atoms with E-state index in [0.717, 1.165) is 39.4 Å². The highest BCUT2D eigenvalue weighted by Gasteiger charge is 2.36. The summed E-state index contributed by atoms with van der Waals surface area (Å²) < 4.78 is 24.2. The van der Waals surface area contributed by atoms with Crippen LogP contribution in [0.1, 0.15) is 22.8 Å². The second-order valence-electron chi connectivity index (χ2n) is 6.64. The van der Waals surface area contributed by atoms with Gasteiger partial charge in [0.2, 0.25) is 0 Å². The number of ether oxygens (including phenoxy) is 2.